The first-order valence-corrected chi connectivity index (χ1v) is 10.8. The van der Waals surface area contributed by atoms with Gasteiger partial charge in [-0.3, -0.25) is 14.5 Å². The minimum absolute atomic E-state index is 0.0936. The summed E-state index contributed by atoms with van der Waals surface area (Å²) in [5.74, 6) is -0.148. The van der Waals surface area contributed by atoms with Crippen LogP contribution in [0.5, 0.6) is 17.2 Å². The zero-order valence-electron chi connectivity index (χ0n) is 18.8. The van der Waals surface area contributed by atoms with E-state index in [1.807, 2.05) is 47.4 Å². The van der Waals surface area contributed by atoms with Crippen LogP contribution in [0.4, 0.5) is 0 Å². The van der Waals surface area contributed by atoms with E-state index in [1.165, 1.54) is 0 Å². The molecule has 8 heteroatoms. The second kappa shape index (κ2) is 9.54. The number of nitrogens with zero attached hydrogens (tertiary/aromatic N) is 2. The quantitative estimate of drug-likeness (QED) is 0.616. The second-order valence-electron chi connectivity index (χ2n) is 8.29. The second-order valence-corrected chi connectivity index (χ2v) is 8.29. The summed E-state index contributed by atoms with van der Waals surface area (Å²) in [6.07, 6.45) is 1.66. The van der Waals surface area contributed by atoms with Crippen LogP contribution in [0.1, 0.15) is 23.1 Å². The smallest absolute Gasteiger partial charge is 0.309 e. The van der Waals surface area contributed by atoms with E-state index in [2.05, 4.69) is 6.58 Å². The highest BCUT2D eigenvalue weighted by molar-refractivity contribution is 5.79. The van der Waals surface area contributed by atoms with Gasteiger partial charge in [0, 0.05) is 32.1 Å². The van der Waals surface area contributed by atoms with Crippen LogP contribution in [0.15, 0.2) is 55.1 Å². The first-order valence-electron chi connectivity index (χ1n) is 10.8. The Hall–Kier alpha value is -3.52. The minimum Gasteiger partial charge on any atom is -0.497 e. The Morgan fingerprint density at radius 2 is 1.88 bits per heavy atom. The molecule has 1 fully saturated rings. The molecule has 2 aromatic rings. The maximum atomic E-state index is 12.9. The van der Waals surface area contributed by atoms with E-state index in [0.717, 1.165) is 11.1 Å². The lowest BCUT2D eigenvalue weighted by molar-refractivity contribution is -0.143. The van der Waals surface area contributed by atoms with Gasteiger partial charge in [0.1, 0.15) is 5.75 Å². The molecule has 8 nitrogen and oxygen atoms in total. The molecule has 0 spiro atoms. The zero-order chi connectivity index (χ0) is 23.5. The molecule has 174 valence electrons. The van der Waals surface area contributed by atoms with E-state index in [0.29, 0.717) is 30.3 Å². The minimum atomic E-state index is -0.909. The van der Waals surface area contributed by atoms with Crippen LogP contribution in [0, 0.1) is 5.92 Å². The van der Waals surface area contributed by atoms with Gasteiger partial charge in [-0.25, -0.2) is 0 Å². The molecule has 0 radical (unpaired) electrons. The van der Waals surface area contributed by atoms with E-state index >= 15 is 0 Å². The van der Waals surface area contributed by atoms with Crippen molar-refractivity contribution in [2.45, 2.75) is 12.0 Å². The molecule has 2 aliphatic rings. The highest BCUT2D eigenvalue weighted by Crippen LogP contribution is 2.47. The normalized spacial score (nSPS) is 21.6. The van der Waals surface area contributed by atoms with Gasteiger partial charge in [-0.2, -0.15) is 0 Å². The van der Waals surface area contributed by atoms with E-state index in [4.69, 9.17) is 14.2 Å². The van der Waals surface area contributed by atoms with Crippen LogP contribution in [-0.4, -0.2) is 67.4 Å². The van der Waals surface area contributed by atoms with Gasteiger partial charge in [0.25, 0.3) is 0 Å². The third-order valence-electron chi connectivity index (χ3n) is 6.33. The molecule has 1 saturated heterocycles. The molecule has 2 aromatic carbocycles. The molecule has 0 saturated carbocycles. The van der Waals surface area contributed by atoms with Crippen molar-refractivity contribution in [3.63, 3.8) is 0 Å². The average molecular weight is 453 g/mol. The first-order chi connectivity index (χ1) is 15.9. The molecular weight excluding hydrogens is 424 g/mol. The van der Waals surface area contributed by atoms with Gasteiger partial charge in [-0.1, -0.05) is 24.3 Å². The highest BCUT2D eigenvalue weighted by Gasteiger charge is 2.48. The van der Waals surface area contributed by atoms with Crippen molar-refractivity contribution in [2.24, 2.45) is 5.92 Å². The number of likely N-dealkylation sites (tertiary alicyclic amines) is 1. The largest absolute Gasteiger partial charge is 0.497 e. The first kappa shape index (κ1) is 22.7. The van der Waals surface area contributed by atoms with Crippen LogP contribution in [-0.2, 0) is 9.59 Å². The molecule has 2 aliphatic heterocycles. The fraction of sp³-hybridized carbons (Fsp3) is 0.360. The summed E-state index contributed by atoms with van der Waals surface area (Å²) in [4.78, 5) is 29.0. The van der Waals surface area contributed by atoms with Crippen LogP contribution < -0.4 is 14.2 Å². The van der Waals surface area contributed by atoms with Gasteiger partial charge >= 0.3 is 5.97 Å². The lowest BCUT2D eigenvalue weighted by Crippen LogP contribution is -2.39. The number of ether oxygens (including phenoxy) is 3. The summed E-state index contributed by atoms with van der Waals surface area (Å²) in [6, 6.07) is 12.4. The summed E-state index contributed by atoms with van der Waals surface area (Å²) in [6.45, 7) is 4.78. The van der Waals surface area contributed by atoms with Crippen molar-refractivity contribution in [3.8, 4) is 17.2 Å². The molecule has 3 atom stereocenters. The van der Waals surface area contributed by atoms with Crippen LogP contribution in [0.2, 0.25) is 0 Å². The Morgan fingerprint density at radius 3 is 2.55 bits per heavy atom. The predicted octanol–water partition coefficient (Wildman–Crippen LogP) is 2.91. The van der Waals surface area contributed by atoms with Crippen molar-refractivity contribution in [1.29, 1.82) is 0 Å². The highest BCUT2D eigenvalue weighted by atomic mass is 16.7. The Kier molecular flexibility index (Phi) is 6.55. The number of carbonyl (C=O) groups is 2. The topological polar surface area (TPSA) is 88.5 Å². The summed E-state index contributed by atoms with van der Waals surface area (Å²) in [7, 11) is 3.30. The molecule has 0 aliphatic carbocycles. The molecule has 0 aromatic heterocycles. The zero-order valence-corrected chi connectivity index (χ0v) is 18.8. The van der Waals surface area contributed by atoms with Crippen LogP contribution >= 0.6 is 0 Å². The van der Waals surface area contributed by atoms with Gasteiger partial charge in [0.15, 0.2) is 11.5 Å². The fourth-order valence-corrected chi connectivity index (χ4v) is 4.66. The number of carbonyl (C=O) groups excluding carboxylic acids is 1. The SMILES string of the molecule is C=CCN(C)C(=O)CN1CC(c2ccc3c(c2)OCO3)[C@H](C(=O)O)[C@H]1c1ccc(OC)cc1. The number of carboxylic acids is 1. The fourth-order valence-electron chi connectivity index (χ4n) is 4.66. The number of carboxylic acid groups (broad SMARTS) is 1. The van der Waals surface area contributed by atoms with Crippen LogP contribution in [0.25, 0.3) is 0 Å². The molecule has 4 rings (SSSR count). The van der Waals surface area contributed by atoms with Gasteiger partial charge in [0.05, 0.1) is 19.6 Å². The van der Waals surface area contributed by atoms with Crippen molar-refractivity contribution in [3.05, 3.63) is 66.2 Å². The monoisotopic (exact) mass is 452 g/mol. The van der Waals surface area contributed by atoms with Crippen molar-refractivity contribution >= 4 is 11.9 Å². The molecule has 1 amide bonds. The number of methoxy groups -OCH3 is 1. The Morgan fingerprint density at radius 1 is 1.18 bits per heavy atom. The van der Waals surface area contributed by atoms with Crippen molar-refractivity contribution in [2.75, 3.05) is 40.6 Å². The lowest BCUT2D eigenvalue weighted by atomic mass is 9.82. The number of rotatable bonds is 8. The number of hydrogen-bond donors (Lipinski definition) is 1. The Balaban J connectivity index is 1.71. The predicted molar refractivity (Wildman–Crippen MR) is 122 cm³/mol. The van der Waals surface area contributed by atoms with E-state index in [1.54, 1.807) is 25.1 Å². The molecular formula is C25H28N2O6. The molecule has 1 N–H and O–H groups in total. The maximum Gasteiger partial charge on any atom is 0.309 e. The third kappa shape index (κ3) is 4.52. The lowest BCUT2D eigenvalue weighted by Gasteiger charge is -2.28. The molecule has 0 bridgehead atoms. The summed E-state index contributed by atoms with van der Waals surface area (Å²) < 4.78 is 16.2. The molecule has 2 heterocycles. The number of benzene rings is 2. The number of hydrogen-bond acceptors (Lipinski definition) is 6. The van der Waals surface area contributed by atoms with Gasteiger partial charge < -0.3 is 24.2 Å². The summed E-state index contributed by atoms with van der Waals surface area (Å²) in [5.41, 5.74) is 1.67. The molecule has 33 heavy (non-hydrogen) atoms. The van der Waals surface area contributed by atoms with Gasteiger partial charge in [-0.15, -0.1) is 6.58 Å². The van der Waals surface area contributed by atoms with Gasteiger partial charge in [0.2, 0.25) is 12.7 Å². The van der Waals surface area contributed by atoms with E-state index in [-0.39, 0.29) is 25.2 Å². The number of likely N-dealkylation sites (N-methyl/N-ethyl adjacent to an activating group) is 1. The third-order valence-corrected chi connectivity index (χ3v) is 6.33. The maximum absolute atomic E-state index is 12.9. The number of aliphatic carboxylic acids is 1. The Bertz CT molecular complexity index is 1040. The Labute approximate surface area is 193 Å². The summed E-state index contributed by atoms with van der Waals surface area (Å²) >= 11 is 0. The standard InChI is InChI=1S/C25H28N2O6/c1-4-11-26(2)22(28)14-27-13-19(17-7-10-20-21(12-17)33-15-32-20)23(25(29)30)24(27)16-5-8-18(31-3)9-6-16/h4-10,12,19,23-24H,1,11,13-15H2,2-3H3,(H,29,30)/t19?,23-,24+/m0/s1. The van der Waals surface area contributed by atoms with Crippen molar-refractivity contribution < 1.29 is 28.9 Å². The van der Waals surface area contributed by atoms with E-state index < -0.39 is 17.9 Å². The van der Waals surface area contributed by atoms with Crippen LogP contribution in [0.3, 0.4) is 0 Å². The van der Waals surface area contributed by atoms with Crippen molar-refractivity contribution in [1.82, 2.24) is 9.80 Å². The van der Waals surface area contributed by atoms with Gasteiger partial charge in [-0.05, 0) is 35.4 Å². The number of amides is 1. The summed E-state index contributed by atoms with van der Waals surface area (Å²) in [5, 5.41) is 10.3. The number of fused-ring (bicyclic) bond motifs is 1. The van der Waals surface area contributed by atoms with E-state index in [9.17, 15) is 14.7 Å². The molecule has 1 unspecified atom stereocenters. The average Bonchev–Trinajstić information content (AvgIpc) is 3.43.